The number of fused-ring (bicyclic) bond motifs is 1. The molecule has 0 N–H and O–H groups in total. The van der Waals surface area contributed by atoms with E-state index in [4.69, 9.17) is 9.47 Å². The molecular weight excluding hydrogens is 367 g/mol. The Morgan fingerprint density at radius 1 is 0.931 bits per heavy atom. The van der Waals surface area contributed by atoms with Gasteiger partial charge in [0, 0.05) is 35.8 Å². The minimum absolute atomic E-state index is 0.346. The second-order valence-corrected chi connectivity index (χ2v) is 6.75. The molecular formula is C24H21FN2O2. The quantitative estimate of drug-likeness (QED) is 0.419. The number of ether oxygens (including phenoxy) is 2. The Kier molecular flexibility index (Phi) is 5.66. The Balaban J connectivity index is 1.45. The van der Waals surface area contributed by atoms with Gasteiger partial charge in [-0.2, -0.15) is 4.39 Å². The fourth-order valence-corrected chi connectivity index (χ4v) is 3.27. The first-order valence-electron chi connectivity index (χ1n) is 9.46. The SMILES string of the molecule is COc1ccc2c(OCCc3cc(Cc4ccccc4)cnc3F)ccnc2c1. The number of hydrogen-bond acceptors (Lipinski definition) is 4. The first-order chi connectivity index (χ1) is 14.2. The average molecular weight is 388 g/mol. The lowest BCUT2D eigenvalue weighted by Crippen LogP contribution is -2.06. The van der Waals surface area contributed by atoms with Crippen LogP contribution in [0.5, 0.6) is 11.5 Å². The van der Waals surface area contributed by atoms with Gasteiger partial charge >= 0.3 is 0 Å². The number of pyridine rings is 2. The first-order valence-corrected chi connectivity index (χ1v) is 9.46. The minimum Gasteiger partial charge on any atom is -0.497 e. The van der Waals surface area contributed by atoms with Crippen LogP contribution in [0, 0.1) is 5.95 Å². The van der Waals surface area contributed by atoms with Gasteiger partial charge in [0.1, 0.15) is 11.5 Å². The fraction of sp³-hybridized carbons (Fsp3) is 0.167. The number of aromatic nitrogens is 2. The summed E-state index contributed by atoms with van der Waals surface area (Å²) in [5.41, 5.74) is 3.49. The van der Waals surface area contributed by atoms with Gasteiger partial charge in [-0.1, -0.05) is 30.3 Å². The Morgan fingerprint density at radius 3 is 2.62 bits per heavy atom. The van der Waals surface area contributed by atoms with E-state index >= 15 is 0 Å². The average Bonchev–Trinajstić information content (AvgIpc) is 2.76. The van der Waals surface area contributed by atoms with Crippen molar-refractivity contribution in [2.45, 2.75) is 12.8 Å². The Labute approximate surface area is 169 Å². The highest BCUT2D eigenvalue weighted by Crippen LogP contribution is 2.27. The van der Waals surface area contributed by atoms with Crippen LogP contribution in [0.25, 0.3) is 10.9 Å². The van der Waals surface area contributed by atoms with Gasteiger partial charge in [0.15, 0.2) is 0 Å². The Morgan fingerprint density at radius 2 is 1.79 bits per heavy atom. The predicted molar refractivity (Wildman–Crippen MR) is 111 cm³/mol. The van der Waals surface area contributed by atoms with Crippen molar-refractivity contribution in [3.63, 3.8) is 0 Å². The second kappa shape index (κ2) is 8.69. The Hall–Kier alpha value is -3.47. The van der Waals surface area contributed by atoms with Gasteiger partial charge in [-0.15, -0.1) is 0 Å². The highest BCUT2D eigenvalue weighted by atomic mass is 19.1. The van der Waals surface area contributed by atoms with Crippen LogP contribution in [0.2, 0.25) is 0 Å². The van der Waals surface area contributed by atoms with Crippen molar-refractivity contribution >= 4 is 10.9 Å². The Bertz CT molecular complexity index is 1120. The highest BCUT2D eigenvalue weighted by molar-refractivity contribution is 5.85. The summed E-state index contributed by atoms with van der Waals surface area (Å²) in [4.78, 5) is 8.28. The largest absolute Gasteiger partial charge is 0.497 e. The van der Waals surface area contributed by atoms with Crippen LogP contribution in [0.15, 0.2) is 73.1 Å². The molecule has 4 rings (SSSR count). The van der Waals surface area contributed by atoms with Gasteiger partial charge in [-0.25, -0.2) is 4.98 Å². The second-order valence-electron chi connectivity index (χ2n) is 6.75. The summed E-state index contributed by atoms with van der Waals surface area (Å²) in [5.74, 6) is 1.01. The summed E-state index contributed by atoms with van der Waals surface area (Å²) in [7, 11) is 1.62. The van der Waals surface area contributed by atoms with Crippen molar-refractivity contribution in [2.24, 2.45) is 0 Å². The number of methoxy groups -OCH3 is 1. The molecule has 146 valence electrons. The van der Waals surface area contributed by atoms with Crippen LogP contribution in [0.3, 0.4) is 0 Å². The van der Waals surface area contributed by atoms with E-state index < -0.39 is 5.95 Å². The first kappa shape index (κ1) is 18.9. The molecule has 2 aromatic heterocycles. The monoisotopic (exact) mass is 388 g/mol. The molecule has 4 nitrogen and oxygen atoms in total. The highest BCUT2D eigenvalue weighted by Gasteiger charge is 2.09. The van der Waals surface area contributed by atoms with Crippen LogP contribution in [0.1, 0.15) is 16.7 Å². The third-order valence-corrected chi connectivity index (χ3v) is 4.76. The molecule has 2 heterocycles. The maximum atomic E-state index is 14.2. The van der Waals surface area contributed by atoms with Gasteiger partial charge in [-0.3, -0.25) is 4.98 Å². The van der Waals surface area contributed by atoms with Crippen molar-refractivity contribution in [1.29, 1.82) is 0 Å². The zero-order valence-corrected chi connectivity index (χ0v) is 16.1. The summed E-state index contributed by atoms with van der Waals surface area (Å²) < 4.78 is 25.4. The molecule has 2 aromatic carbocycles. The van der Waals surface area contributed by atoms with Gasteiger partial charge < -0.3 is 9.47 Å². The summed E-state index contributed by atoms with van der Waals surface area (Å²) in [6, 6.07) is 19.4. The maximum Gasteiger partial charge on any atom is 0.216 e. The molecule has 0 unspecified atom stereocenters. The minimum atomic E-state index is -0.449. The van der Waals surface area contributed by atoms with Crippen LogP contribution in [0.4, 0.5) is 4.39 Å². The third-order valence-electron chi connectivity index (χ3n) is 4.76. The maximum absolute atomic E-state index is 14.2. The van der Waals surface area contributed by atoms with Gasteiger partial charge in [0.25, 0.3) is 0 Å². The predicted octanol–water partition coefficient (Wildman–Crippen LogP) is 4.99. The molecule has 0 saturated carbocycles. The summed E-state index contributed by atoms with van der Waals surface area (Å²) in [6.45, 7) is 0.346. The number of nitrogens with zero attached hydrogens (tertiary/aromatic N) is 2. The molecule has 0 amide bonds. The molecule has 0 saturated heterocycles. The van der Waals surface area contributed by atoms with Gasteiger partial charge in [-0.05, 0) is 41.8 Å². The van der Waals surface area contributed by atoms with Crippen molar-refractivity contribution in [3.05, 3.63) is 95.7 Å². The molecule has 0 aliphatic rings. The fourth-order valence-electron chi connectivity index (χ4n) is 3.27. The molecule has 0 atom stereocenters. The van der Waals surface area contributed by atoms with E-state index in [0.29, 0.717) is 24.3 Å². The van der Waals surface area contributed by atoms with Gasteiger partial charge in [0.05, 0.1) is 19.2 Å². The molecule has 0 spiro atoms. The molecule has 5 heteroatoms. The lowest BCUT2D eigenvalue weighted by Gasteiger charge is -2.11. The lowest BCUT2D eigenvalue weighted by molar-refractivity contribution is 0.322. The van der Waals surface area contributed by atoms with Crippen LogP contribution in [-0.2, 0) is 12.8 Å². The van der Waals surface area contributed by atoms with E-state index in [1.807, 2.05) is 48.5 Å². The number of benzene rings is 2. The molecule has 4 aromatic rings. The smallest absolute Gasteiger partial charge is 0.216 e. The van der Waals surface area contributed by atoms with Crippen molar-refractivity contribution in [2.75, 3.05) is 13.7 Å². The van der Waals surface area contributed by atoms with Crippen LogP contribution < -0.4 is 9.47 Å². The summed E-state index contributed by atoms with van der Waals surface area (Å²) in [5, 5.41) is 0.893. The molecule has 0 fully saturated rings. The number of halogens is 1. The van der Waals surface area contributed by atoms with Crippen LogP contribution in [-0.4, -0.2) is 23.7 Å². The molecule has 0 aliphatic carbocycles. The van der Waals surface area contributed by atoms with Crippen molar-refractivity contribution in [3.8, 4) is 11.5 Å². The van der Waals surface area contributed by atoms with E-state index in [-0.39, 0.29) is 0 Å². The number of rotatable bonds is 7. The van der Waals surface area contributed by atoms with Crippen molar-refractivity contribution in [1.82, 2.24) is 9.97 Å². The zero-order valence-electron chi connectivity index (χ0n) is 16.1. The summed E-state index contributed by atoms with van der Waals surface area (Å²) >= 11 is 0. The lowest BCUT2D eigenvalue weighted by atomic mass is 10.0. The van der Waals surface area contributed by atoms with E-state index in [2.05, 4.69) is 22.1 Å². The molecule has 0 aliphatic heterocycles. The topological polar surface area (TPSA) is 44.2 Å². The standard InChI is InChI=1S/C24H21FN2O2/c1-28-20-7-8-21-22(15-20)26-11-9-23(21)29-12-10-19-14-18(16-27-24(19)25)13-17-5-3-2-4-6-17/h2-9,11,14-16H,10,12-13H2,1H3. The molecule has 0 radical (unpaired) electrons. The van der Waals surface area contributed by atoms with E-state index in [9.17, 15) is 4.39 Å². The normalized spacial score (nSPS) is 10.8. The summed E-state index contributed by atoms with van der Waals surface area (Å²) in [6.07, 6.45) is 4.44. The van der Waals surface area contributed by atoms with Crippen molar-refractivity contribution < 1.29 is 13.9 Å². The van der Waals surface area contributed by atoms with E-state index in [0.717, 1.165) is 28.6 Å². The molecule has 29 heavy (non-hydrogen) atoms. The van der Waals surface area contributed by atoms with E-state index in [1.54, 1.807) is 19.5 Å². The zero-order chi connectivity index (χ0) is 20.1. The number of hydrogen-bond donors (Lipinski definition) is 0. The molecule has 0 bridgehead atoms. The van der Waals surface area contributed by atoms with Gasteiger partial charge in [0.2, 0.25) is 5.95 Å². The van der Waals surface area contributed by atoms with Crippen LogP contribution >= 0.6 is 0 Å². The van der Waals surface area contributed by atoms with E-state index in [1.165, 1.54) is 5.56 Å². The third kappa shape index (κ3) is 4.51.